The molecule has 0 spiro atoms. The van der Waals surface area contributed by atoms with E-state index >= 15 is 0 Å². The topological polar surface area (TPSA) is 108 Å². The van der Waals surface area contributed by atoms with Gasteiger partial charge in [-0.05, 0) is 12.1 Å². The van der Waals surface area contributed by atoms with Crippen LogP contribution in [-0.2, 0) is 0 Å². The quantitative estimate of drug-likeness (QED) is 0.657. The molecule has 2 N–H and O–H groups in total. The molecule has 0 bridgehead atoms. The molecular weight excluding hydrogens is 356 g/mol. The summed E-state index contributed by atoms with van der Waals surface area (Å²) in [4.78, 5) is 13.0. The zero-order valence-corrected chi connectivity index (χ0v) is 15.2. The Labute approximate surface area is 154 Å². The van der Waals surface area contributed by atoms with Crippen LogP contribution in [0, 0.1) is 0 Å². The highest BCUT2D eigenvalue weighted by Crippen LogP contribution is 2.50. The van der Waals surface area contributed by atoms with Gasteiger partial charge in [0.2, 0.25) is 28.4 Å². The first-order valence-electron chi connectivity index (χ1n) is 7.83. The highest BCUT2D eigenvalue weighted by atomic mass is 16.5. The van der Waals surface area contributed by atoms with Gasteiger partial charge in [0.25, 0.3) is 0 Å². The number of phenolic OH excluding ortho intramolecular Hbond substituents is 2. The zero-order chi connectivity index (χ0) is 19.7. The Morgan fingerprint density at radius 2 is 1.52 bits per heavy atom. The molecule has 8 heteroatoms. The lowest BCUT2D eigenvalue weighted by molar-refractivity contribution is 0.320. The minimum atomic E-state index is -0.688. The third-order valence-corrected chi connectivity index (χ3v) is 4.10. The van der Waals surface area contributed by atoms with Crippen LogP contribution in [0.1, 0.15) is 0 Å². The summed E-state index contributed by atoms with van der Waals surface area (Å²) in [6.07, 6.45) is 0. The van der Waals surface area contributed by atoms with Crippen LogP contribution in [0.15, 0.2) is 33.5 Å². The smallest absolute Gasteiger partial charge is 0.239 e. The van der Waals surface area contributed by atoms with Crippen molar-refractivity contribution in [1.82, 2.24) is 0 Å². The van der Waals surface area contributed by atoms with E-state index in [2.05, 4.69) is 0 Å². The number of hydrogen-bond donors (Lipinski definition) is 2. The predicted molar refractivity (Wildman–Crippen MR) is 97.5 cm³/mol. The fourth-order valence-corrected chi connectivity index (χ4v) is 2.85. The van der Waals surface area contributed by atoms with Crippen molar-refractivity contribution in [2.75, 3.05) is 28.4 Å². The van der Waals surface area contributed by atoms with Crippen molar-refractivity contribution in [1.29, 1.82) is 0 Å². The summed E-state index contributed by atoms with van der Waals surface area (Å²) in [5.41, 5.74) is -0.252. The van der Waals surface area contributed by atoms with Crippen LogP contribution in [0.2, 0.25) is 0 Å². The Kier molecular flexibility index (Phi) is 4.72. The molecule has 8 nitrogen and oxygen atoms in total. The van der Waals surface area contributed by atoms with E-state index in [1.165, 1.54) is 28.4 Å². The number of benzene rings is 2. The molecule has 27 heavy (non-hydrogen) atoms. The number of aromatic hydroxyl groups is 2. The largest absolute Gasteiger partial charge is 0.504 e. The number of methoxy groups -OCH3 is 4. The Hall–Kier alpha value is -3.55. The van der Waals surface area contributed by atoms with Gasteiger partial charge in [-0.3, -0.25) is 4.79 Å². The van der Waals surface area contributed by atoms with Crippen molar-refractivity contribution in [2.45, 2.75) is 0 Å². The van der Waals surface area contributed by atoms with Crippen LogP contribution >= 0.6 is 0 Å². The van der Waals surface area contributed by atoms with Gasteiger partial charge in [0, 0.05) is 5.56 Å². The van der Waals surface area contributed by atoms with E-state index in [1.807, 2.05) is 0 Å². The molecule has 3 rings (SSSR count). The number of ether oxygens (including phenoxy) is 4. The highest BCUT2D eigenvalue weighted by molar-refractivity contribution is 5.96. The van der Waals surface area contributed by atoms with Crippen LogP contribution in [0.4, 0.5) is 0 Å². The van der Waals surface area contributed by atoms with Crippen LogP contribution < -0.4 is 24.4 Å². The van der Waals surface area contributed by atoms with Gasteiger partial charge >= 0.3 is 0 Å². The maximum Gasteiger partial charge on any atom is 0.239 e. The molecule has 0 aliphatic carbocycles. The van der Waals surface area contributed by atoms with Gasteiger partial charge in [0.15, 0.2) is 17.1 Å². The second kappa shape index (κ2) is 6.99. The van der Waals surface area contributed by atoms with Crippen LogP contribution in [-0.4, -0.2) is 38.7 Å². The lowest BCUT2D eigenvalue weighted by Gasteiger charge is -2.15. The molecule has 0 saturated carbocycles. The molecule has 0 unspecified atom stereocenters. The molecule has 0 fully saturated rings. The van der Waals surface area contributed by atoms with E-state index in [-0.39, 0.29) is 34.0 Å². The molecular formula is C19H18O8. The minimum absolute atomic E-state index is 0.0355. The van der Waals surface area contributed by atoms with E-state index in [4.69, 9.17) is 23.4 Å². The van der Waals surface area contributed by atoms with Gasteiger partial charge in [-0.1, -0.05) is 12.1 Å². The maximum absolute atomic E-state index is 13.0. The third-order valence-electron chi connectivity index (χ3n) is 4.10. The average Bonchev–Trinajstić information content (AvgIpc) is 2.69. The van der Waals surface area contributed by atoms with E-state index in [0.29, 0.717) is 11.3 Å². The lowest BCUT2D eigenvalue weighted by Crippen LogP contribution is -2.09. The standard InChI is InChI=1S/C19H18O8/c1-23-10-7-5-6-9(8-10)15-17(24-2)13(21)11-12(20)14(22)18(25-3)19(26-4)16(11)27-15/h5-8,20,22H,1-4H3. The summed E-state index contributed by atoms with van der Waals surface area (Å²) in [5.74, 6) is -0.997. The SMILES string of the molecule is COc1cccc(-c2oc3c(OC)c(OC)c(O)c(O)c3c(=O)c2OC)c1. The molecule has 0 radical (unpaired) electrons. The van der Waals surface area contributed by atoms with Crippen molar-refractivity contribution in [3.05, 3.63) is 34.5 Å². The first-order chi connectivity index (χ1) is 13.0. The van der Waals surface area contributed by atoms with Crippen molar-refractivity contribution in [2.24, 2.45) is 0 Å². The summed E-state index contributed by atoms with van der Waals surface area (Å²) in [6.45, 7) is 0. The van der Waals surface area contributed by atoms with Gasteiger partial charge in [-0.2, -0.15) is 0 Å². The van der Waals surface area contributed by atoms with Gasteiger partial charge < -0.3 is 33.6 Å². The molecule has 2 aromatic carbocycles. The average molecular weight is 374 g/mol. The summed E-state index contributed by atoms with van der Waals surface area (Å²) >= 11 is 0. The fourth-order valence-electron chi connectivity index (χ4n) is 2.85. The Morgan fingerprint density at radius 1 is 0.852 bits per heavy atom. The molecule has 3 aromatic rings. The monoisotopic (exact) mass is 374 g/mol. The normalized spacial score (nSPS) is 10.7. The molecule has 0 saturated heterocycles. The van der Waals surface area contributed by atoms with E-state index in [1.54, 1.807) is 24.3 Å². The number of phenols is 2. The molecule has 0 amide bonds. The molecule has 1 aromatic heterocycles. The summed E-state index contributed by atoms with van der Waals surface area (Å²) in [6, 6.07) is 6.84. The lowest BCUT2D eigenvalue weighted by atomic mass is 10.1. The number of fused-ring (bicyclic) bond motifs is 1. The second-order valence-corrected chi connectivity index (χ2v) is 5.49. The Balaban J connectivity index is 2.49. The highest BCUT2D eigenvalue weighted by Gasteiger charge is 2.28. The number of hydrogen-bond acceptors (Lipinski definition) is 8. The molecule has 142 valence electrons. The van der Waals surface area contributed by atoms with Crippen molar-refractivity contribution in [3.8, 4) is 45.8 Å². The van der Waals surface area contributed by atoms with Gasteiger partial charge in [-0.25, -0.2) is 0 Å². The maximum atomic E-state index is 13.0. The molecule has 0 atom stereocenters. The first-order valence-corrected chi connectivity index (χ1v) is 7.83. The molecule has 1 heterocycles. The van der Waals surface area contributed by atoms with Gasteiger partial charge in [0.1, 0.15) is 11.1 Å². The van der Waals surface area contributed by atoms with Crippen LogP contribution in [0.3, 0.4) is 0 Å². The van der Waals surface area contributed by atoms with Gasteiger partial charge in [-0.15, -0.1) is 0 Å². The Bertz CT molecular complexity index is 1070. The van der Waals surface area contributed by atoms with Crippen molar-refractivity contribution < 1.29 is 33.6 Å². The Morgan fingerprint density at radius 3 is 2.11 bits per heavy atom. The predicted octanol–water partition coefficient (Wildman–Crippen LogP) is 2.91. The van der Waals surface area contributed by atoms with E-state index in [9.17, 15) is 15.0 Å². The second-order valence-electron chi connectivity index (χ2n) is 5.49. The third kappa shape index (κ3) is 2.75. The number of rotatable bonds is 5. The zero-order valence-electron chi connectivity index (χ0n) is 15.2. The summed E-state index contributed by atoms with van der Waals surface area (Å²) < 4.78 is 26.7. The minimum Gasteiger partial charge on any atom is -0.504 e. The van der Waals surface area contributed by atoms with Crippen LogP contribution in [0.25, 0.3) is 22.3 Å². The van der Waals surface area contributed by atoms with Crippen molar-refractivity contribution in [3.63, 3.8) is 0 Å². The first kappa shape index (κ1) is 18.2. The summed E-state index contributed by atoms with van der Waals surface area (Å²) in [7, 11) is 5.43. The fraction of sp³-hybridized carbons (Fsp3) is 0.211. The van der Waals surface area contributed by atoms with Crippen LogP contribution in [0.5, 0.6) is 34.5 Å². The molecule has 0 aliphatic heterocycles. The van der Waals surface area contributed by atoms with E-state index < -0.39 is 16.9 Å². The molecule has 0 aliphatic rings. The van der Waals surface area contributed by atoms with E-state index in [0.717, 1.165) is 0 Å². The summed E-state index contributed by atoms with van der Waals surface area (Å²) in [5, 5.41) is 20.2. The van der Waals surface area contributed by atoms with Crippen molar-refractivity contribution >= 4 is 11.0 Å². The van der Waals surface area contributed by atoms with Gasteiger partial charge in [0.05, 0.1) is 28.4 Å².